The normalized spacial score (nSPS) is 11.6. The van der Waals surface area contributed by atoms with Crippen LogP contribution in [0, 0.1) is 0 Å². The van der Waals surface area contributed by atoms with E-state index in [2.05, 4.69) is 0 Å². The van der Waals surface area contributed by atoms with Gasteiger partial charge in [-0.15, -0.1) is 0 Å². The first kappa shape index (κ1) is 17.3. The number of nitrogens with two attached hydrogens (primary N) is 1. The standard InChI is InChI=1S/C17H22N2O3S/c1-3-19(4-2)23(20,21)17-12-15(18)10-11-16(17)22-13-14-8-6-5-7-9-14/h5-12H,3-4,13,18H2,1-2H3. The van der Waals surface area contributed by atoms with E-state index in [1.165, 1.54) is 10.4 Å². The molecule has 0 radical (unpaired) electrons. The Hall–Kier alpha value is -2.05. The van der Waals surface area contributed by atoms with Crippen molar-refractivity contribution in [2.24, 2.45) is 0 Å². The highest BCUT2D eigenvalue weighted by atomic mass is 32.2. The molecule has 2 aromatic carbocycles. The molecule has 0 bridgehead atoms. The van der Waals surface area contributed by atoms with E-state index in [1.807, 2.05) is 30.3 Å². The third-order valence-corrected chi connectivity index (χ3v) is 5.60. The molecule has 0 aliphatic heterocycles. The van der Waals surface area contributed by atoms with Crippen molar-refractivity contribution in [3.8, 4) is 5.75 Å². The van der Waals surface area contributed by atoms with Gasteiger partial charge in [-0.3, -0.25) is 0 Å². The molecule has 0 saturated carbocycles. The maximum atomic E-state index is 12.8. The summed E-state index contributed by atoms with van der Waals surface area (Å²) in [7, 11) is -3.63. The number of hydrogen-bond acceptors (Lipinski definition) is 4. The summed E-state index contributed by atoms with van der Waals surface area (Å²) in [6.45, 7) is 4.69. The van der Waals surface area contributed by atoms with Gasteiger partial charge in [-0.2, -0.15) is 4.31 Å². The molecule has 0 spiro atoms. The maximum absolute atomic E-state index is 12.8. The molecule has 0 unspecified atom stereocenters. The number of nitrogen functional groups attached to an aromatic ring is 1. The lowest BCUT2D eigenvalue weighted by molar-refractivity contribution is 0.296. The third-order valence-electron chi connectivity index (χ3n) is 3.53. The van der Waals surface area contributed by atoms with Crippen molar-refractivity contribution in [3.05, 3.63) is 54.1 Å². The van der Waals surface area contributed by atoms with E-state index >= 15 is 0 Å². The minimum Gasteiger partial charge on any atom is -0.487 e. The van der Waals surface area contributed by atoms with Crippen LogP contribution in [0.3, 0.4) is 0 Å². The van der Waals surface area contributed by atoms with Crippen LogP contribution >= 0.6 is 0 Å². The Morgan fingerprint density at radius 2 is 1.70 bits per heavy atom. The van der Waals surface area contributed by atoms with Crippen molar-refractivity contribution in [1.29, 1.82) is 0 Å². The smallest absolute Gasteiger partial charge is 0.246 e. The highest BCUT2D eigenvalue weighted by molar-refractivity contribution is 7.89. The first-order chi connectivity index (χ1) is 11.0. The molecule has 0 aliphatic carbocycles. The Kier molecular flexibility index (Phi) is 5.63. The number of nitrogens with zero attached hydrogens (tertiary/aromatic N) is 1. The van der Waals surface area contributed by atoms with Crippen LogP contribution in [-0.4, -0.2) is 25.8 Å². The molecule has 0 aromatic heterocycles. The highest BCUT2D eigenvalue weighted by Crippen LogP contribution is 2.29. The average Bonchev–Trinajstić information content (AvgIpc) is 2.55. The lowest BCUT2D eigenvalue weighted by Gasteiger charge is -2.21. The van der Waals surface area contributed by atoms with Gasteiger partial charge in [0.15, 0.2) is 0 Å². The molecule has 2 N–H and O–H groups in total. The molecule has 23 heavy (non-hydrogen) atoms. The quantitative estimate of drug-likeness (QED) is 0.790. The largest absolute Gasteiger partial charge is 0.487 e. The minimum absolute atomic E-state index is 0.108. The van der Waals surface area contributed by atoms with E-state index in [1.54, 1.807) is 26.0 Å². The van der Waals surface area contributed by atoms with E-state index in [-0.39, 0.29) is 4.90 Å². The minimum atomic E-state index is -3.63. The van der Waals surface area contributed by atoms with Crippen LogP contribution in [0.2, 0.25) is 0 Å². The van der Waals surface area contributed by atoms with Crippen molar-refractivity contribution in [1.82, 2.24) is 4.31 Å². The third kappa shape index (κ3) is 4.03. The number of hydrogen-bond donors (Lipinski definition) is 1. The summed E-state index contributed by atoms with van der Waals surface area (Å²) in [5.41, 5.74) is 7.14. The molecule has 0 saturated heterocycles. The van der Waals surface area contributed by atoms with Crippen LogP contribution in [0.1, 0.15) is 19.4 Å². The Morgan fingerprint density at radius 3 is 2.30 bits per heavy atom. The lowest BCUT2D eigenvalue weighted by Crippen LogP contribution is -2.31. The van der Waals surface area contributed by atoms with E-state index < -0.39 is 10.0 Å². The zero-order valence-corrected chi connectivity index (χ0v) is 14.2. The van der Waals surface area contributed by atoms with Crippen LogP contribution in [0.25, 0.3) is 0 Å². The van der Waals surface area contributed by atoms with Crippen LogP contribution in [0.5, 0.6) is 5.75 Å². The fraction of sp³-hybridized carbons (Fsp3) is 0.294. The summed E-state index contributed by atoms with van der Waals surface area (Å²) >= 11 is 0. The fourth-order valence-corrected chi connectivity index (χ4v) is 3.91. The first-order valence-electron chi connectivity index (χ1n) is 7.55. The molecule has 0 aliphatic rings. The Labute approximate surface area is 137 Å². The molecule has 2 aromatic rings. The Balaban J connectivity index is 2.34. The first-order valence-corrected chi connectivity index (χ1v) is 8.99. The second-order valence-corrected chi connectivity index (χ2v) is 6.98. The molecule has 124 valence electrons. The SMILES string of the molecule is CCN(CC)S(=O)(=O)c1cc(N)ccc1OCc1ccccc1. The van der Waals surface area contributed by atoms with Crippen LogP contribution in [0.4, 0.5) is 5.69 Å². The topological polar surface area (TPSA) is 72.6 Å². The maximum Gasteiger partial charge on any atom is 0.246 e. The molecule has 0 atom stereocenters. The molecule has 0 amide bonds. The zero-order chi connectivity index (χ0) is 16.9. The van der Waals surface area contributed by atoms with Gasteiger partial charge in [0.25, 0.3) is 0 Å². The van der Waals surface area contributed by atoms with Gasteiger partial charge in [0.2, 0.25) is 10.0 Å². The highest BCUT2D eigenvalue weighted by Gasteiger charge is 2.26. The number of ether oxygens (including phenoxy) is 1. The Bertz CT molecular complexity index is 742. The predicted octanol–water partition coefficient (Wildman–Crippen LogP) is 2.88. The molecular formula is C17H22N2O3S. The van der Waals surface area contributed by atoms with Crippen molar-refractivity contribution in [2.45, 2.75) is 25.3 Å². The molecule has 6 heteroatoms. The summed E-state index contributed by atoms with van der Waals surface area (Å²) in [5.74, 6) is 0.315. The summed E-state index contributed by atoms with van der Waals surface area (Å²) in [5, 5.41) is 0. The fourth-order valence-electron chi connectivity index (χ4n) is 2.28. The number of anilines is 1. The lowest BCUT2D eigenvalue weighted by atomic mass is 10.2. The van der Waals surface area contributed by atoms with Gasteiger partial charge in [-0.05, 0) is 23.8 Å². The van der Waals surface area contributed by atoms with E-state index in [4.69, 9.17) is 10.5 Å². The number of benzene rings is 2. The van der Waals surface area contributed by atoms with Crippen molar-refractivity contribution in [2.75, 3.05) is 18.8 Å². The summed E-state index contributed by atoms with van der Waals surface area (Å²) in [4.78, 5) is 0.108. The van der Waals surface area contributed by atoms with Gasteiger partial charge in [0, 0.05) is 18.8 Å². The van der Waals surface area contributed by atoms with Crippen molar-refractivity contribution < 1.29 is 13.2 Å². The van der Waals surface area contributed by atoms with E-state index in [0.29, 0.717) is 31.1 Å². The van der Waals surface area contributed by atoms with Crippen molar-refractivity contribution in [3.63, 3.8) is 0 Å². The number of rotatable bonds is 7. The van der Waals surface area contributed by atoms with Crippen LogP contribution < -0.4 is 10.5 Å². The summed E-state index contributed by atoms with van der Waals surface area (Å²) in [6.07, 6.45) is 0. The van der Waals surface area contributed by atoms with Crippen molar-refractivity contribution >= 4 is 15.7 Å². The van der Waals surface area contributed by atoms with Gasteiger partial charge < -0.3 is 10.5 Å². The van der Waals surface area contributed by atoms with Crippen LogP contribution in [-0.2, 0) is 16.6 Å². The van der Waals surface area contributed by atoms with Gasteiger partial charge in [-0.1, -0.05) is 44.2 Å². The van der Waals surface area contributed by atoms with E-state index in [0.717, 1.165) is 5.56 Å². The van der Waals surface area contributed by atoms with Gasteiger partial charge in [0.05, 0.1) is 0 Å². The Morgan fingerprint density at radius 1 is 1.04 bits per heavy atom. The molecular weight excluding hydrogens is 312 g/mol. The second kappa shape index (κ2) is 7.48. The van der Waals surface area contributed by atoms with Gasteiger partial charge in [-0.25, -0.2) is 8.42 Å². The zero-order valence-electron chi connectivity index (χ0n) is 13.4. The van der Waals surface area contributed by atoms with E-state index in [9.17, 15) is 8.42 Å². The average molecular weight is 334 g/mol. The van der Waals surface area contributed by atoms with Gasteiger partial charge >= 0.3 is 0 Å². The molecule has 0 heterocycles. The molecule has 0 fully saturated rings. The van der Waals surface area contributed by atoms with Gasteiger partial charge in [0.1, 0.15) is 17.3 Å². The van der Waals surface area contributed by atoms with Crippen LogP contribution in [0.15, 0.2) is 53.4 Å². The molecule has 5 nitrogen and oxygen atoms in total. The second-order valence-electron chi connectivity index (χ2n) is 5.07. The molecule has 2 rings (SSSR count). The predicted molar refractivity (Wildman–Crippen MR) is 91.7 cm³/mol. The monoisotopic (exact) mass is 334 g/mol. The number of sulfonamides is 1. The summed E-state index contributed by atoms with van der Waals surface area (Å²) in [6, 6.07) is 14.3. The summed E-state index contributed by atoms with van der Waals surface area (Å²) < 4.78 is 32.7.